The Labute approximate surface area is 202 Å². The number of aliphatic hydroxyl groups is 1. The van der Waals surface area contributed by atoms with E-state index in [1.54, 1.807) is 47.6 Å². The lowest BCUT2D eigenvalue weighted by Crippen LogP contribution is -2.40. The minimum Gasteiger partial charge on any atom is -0.391 e. The third-order valence-electron chi connectivity index (χ3n) is 7.06. The van der Waals surface area contributed by atoms with Gasteiger partial charge in [-0.05, 0) is 50.7 Å². The van der Waals surface area contributed by atoms with E-state index < -0.39 is 6.10 Å². The first-order valence-corrected chi connectivity index (χ1v) is 12.0. The van der Waals surface area contributed by atoms with Crippen LogP contribution in [-0.2, 0) is 4.74 Å². The van der Waals surface area contributed by atoms with Gasteiger partial charge < -0.3 is 30.4 Å². The molecule has 0 spiro atoms. The van der Waals surface area contributed by atoms with Crippen LogP contribution in [-0.4, -0.2) is 62.6 Å². The number of amides is 1. The molecule has 0 aliphatic heterocycles. The quantitative estimate of drug-likeness (QED) is 0.403. The van der Waals surface area contributed by atoms with Crippen molar-refractivity contribution in [1.29, 1.82) is 0 Å². The molecule has 4 N–H and O–H groups in total. The van der Waals surface area contributed by atoms with E-state index in [4.69, 9.17) is 4.74 Å². The highest BCUT2D eigenvalue weighted by molar-refractivity contribution is 6.00. The normalized spacial score (nSPS) is 24.1. The van der Waals surface area contributed by atoms with E-state index in [1.807, 2.05) is 0 Å². The molecule has 11 heteroatoms. The minimum atomic E-state index is -0.510. The molecule has 2 aliphatic carbocycles. The summed E-state index contributed by atoms with van der Waals surface area (Å²) >= 11 is 0. The molecule has 2 fully saturated rings. The Balaban J connectivity index is 1.43. The number of rotatable bonds is 7. The number of carbonyl (C=O) groups excluding carboxylic acids is 1. The molecule has 3 aromatic rings. The summed E-state index contributed by atoms with van der Waals surface area (Å²) in [6, 6.07) is 4.98. The third kappa shape index (κ3) is 4.48. The van der Waals surface area contributed by atoms with Crippen molar-refractivity contribution in [2.24, 2.45) is 0 Å². The highest BCUT2D eigenvalue weighted by atomic mass is 16.5. The molecule has 0 unspecified atom stereocenters. The van der Waals surface area contributed by atoms with Gasteiger partial charge in [0.05, 0.1) is 24.4 Å². The van der Waals surface area contributed by atoms with Crippen molar-refractivity contribution in [2.45, 2.75) is 62.8 Å². The van der Waals surface area contributed by atoms with Crippen molar-refractivity contribution in [3.63, 3.8) is 0 Å². The first-order chi connectivity index (χ1) is 17.0. The zero-order valence-electron chi connectivity index (χ0n) is 19.9. The van der Waals surface area contributed by atoms with Crippen molar-refractivity contribution in [2.75, 3.05) is 24.8 Å². The van der Waals surface area contributed by atoms with Gasteiger partial charge in [-0.3, -0.25) is 9.59 Å². The molecule has 2 aliphatic rings. The maximum Gasteiger partial charge on any atom is 0.274 e. The van der Waals surface area contributed by atoms with Crippen LogP contribution in [0.3, 0.4) is 0 Å². The van der Waals surface area contributed by atoms with Gasteiger partial charge in [0.1, 0.15) is 22.9 Å². The Hall–Kier alpha value is -3.44. The van der Waals surface area contributed by atoms with E-state index in [0.717, 1.165) is 32.1 Å². The molecule has 0 saturated heterocycles. The summed E-state index contributed by atoms with van der Waals surface area (Å²) in [5.41, 5.74) is 0.832. The van der Waals surface area contributed by atoms with Gasteiger partial charge in [-0.1, -0.05) is 0 Å². The smallest absolute Gasteiger partial charge is 0.274 e. The molecule has 2 saturated carbocycles. The first-order valence-electron chi connectivity index (χ1n) is 12.0. The fraction of sp³-hybridized carbons (Fsp3) is 0.500. The van der Waals surface area contributed by atoms with E-state index in [1.165, 1.54) is 6.20 Å². The molecule has 11 nitrogen and oxygen atoms in total. The van der Waals surface area contributed by atoms with Gasteiger partial charge in [-0.15, -0.1) is 0 Å². The van der Waals surface area contributed by atoms with Gasteiger partial charge in [-0.25, -0.2) is 4.98 Å². The number of methoxy groups -OCH3 is 1. The average Bonchev–Trinajstić information content (AvgIpc) is 3.29. The zero-order chi connectivity index (χ0) is 24.5. The van der Waals surface area contributed by atoms with Crippen molar-refractivity contribution < 1.29 is 14.6 Å². The third-order valence-corrected chi connectivity index (χ3v) is 7.06. The molecular formula is C24H31N7O4. The van der Waals surface area contributed by atoms with Crippen LogP contribution in [0.2, 0.25) is 0 Å². The second-order valence-corrected chi connectivity index (χ2v) is 9.24. The summed E-state index contributed by atoms with van der Waals surface area (Å²) in [5, 5.41) is 23.6. The SMILES string of the molecule is CNc1cc(Nc2cccn([C@@H]3CC[C@@H]3O)c2=O)nc2c(C(=O)N[C@@H]3CCC[C@@H](OC)C3)cnn12. The van der Waals surface area contributed by atoms with Crippen LogP contribution in [0.1, 0.15) is 54.9 Å². The van der Waals surface area contributed by atoms with E-state index in [9.17, 15) is 14.7 Å². The molecule has 0 radical (unpaired) electrons. The zero-order valence-corrected chi connectivity index (χ0v) is 19.9. The standard InChI is InChI=1S/C24H31N7O4/c1-25-21-12-20(28-17-7-4-10-30(24(17)34)18-8-9-19(18)32)29-22-16(13-26-31(21)22)23(33)27-14-5-3-6-15(11-14)35-2/h4,7,10,12-15,18-19,25,32H,3,5-6,8-9,11H2,1-2H3,(H,27,33)(H,28,29)/t14-,15-,18-,19+/m1/s1. The fourth-order valence-electron chi connectivity index (χ4n) is 4.91. The van der Waals surface area contributed by atoms with Crippen molar-refractivity contribution >= 4 is 28.9 Å². The summed E-state index contributed by atoms with van der Waals surface area (Å²) in [6.45, 7) is 0. The van der Waals surface area contributed by atoms with Crippen LogP contribution in [0.4, 0.5) is 17.3 Å². The van der Waals surface area contributed by atoms with Crippen molar-refractivity contribution in [3.8, 4) is 0 Å². The van der Waals surface area contributed by atoms with Crippen LogP contribution in [0.15, 0.2) is 35.4 Å². The average molecular weight is 482 g/mol. The summed E-state index contributed by atoms with van der Waals surface area (Å²) in [6.07, 6.45) is 7.98. The molecular weight excluding hydrogens is 450 g/mol. The lowest BCUT2D eigenvalue weighted by atomic mass is 9.89. The number of hydrogen-bond donors (Lipinski definition) is 4. The van der Waals surface area contributed by atoms with Gasteiger partial charge in [0.25, 0.3) is 11.5 Å². The van der Waals surface area contributed by atoms with E-state index in [-0.39, 0.29) is 29.7 Å². The van der Waals surface area contributed by atoms with Gasteiger partial charge in [-0.2, -0.15) is 9.61 Å². The van der Waals surface area contributed by atoms with Crippen molar-refractivity contribution in [1.82, 2.24) is 24.5 Å². The molecule has 3 heterocycles. The number of nitrogens with zero attached hydrogens (tertiary/aromatic N) is 4. The predicted molar refractivity (Wildman–Crippen MR) is 131 cm³/mol. The molecule has 5 rings (SSSR count). The number of hydrogen-bond acceptors (Lipinski definition) is 8. The highest BCUT2D eigenvalue weighted by Crippen LogP contribution is 2.31. The maximum atomic E-state index is 13.1. The number of aliphatic hydroxyl groups excluding tert-OH is 1. The minimum absolute atomic E-state index is 0.0332. The molecule has 0 bridgehead atoms. The Morgan fingerprint density at radius 2 is 2.11 bits per heavy atom. The Morgan fingerprint density at radius 3 is 2.83 bits per heavy atom. The van der Waals surface area contributed by atoms with Crippen LogP contribution < -0.4 is 21.5 Å². The van der Waals surface area contributed by atoms with Gasteiger partial charge in [0, 0.05) is 32.5 Å². The van der Waals surface area contributed by atoms with E-state index >= 15 is 0 Å². The second kappa shape index (κ2) is 9.67. The number of nitrogens with one attached hydrogen (secondary N) is 3. The molecule has 4 atom stereocenters. The number of pyridine rings is 1. The Bertz CT molecular complexity index is 1290. The van der Waals surface area contributed by atoms with Gasteiger partial charge >= 0.3 is 0 Å². The predicted octanol–water partition coefficient (Wildman–Crippen LogP) is 2.06. The molecule has 186 valence electrons. The fourth-order valence-corrected chi connectivity index (χ4v) is 4.91. The number of aromatic nitrogens is 4. The van der Waals surface area contributed by atoms with Crippen LogP contribution in [0.5, 0.6) is 0 Å². The van der Waals surface area contributed by atoms with Crippen molar-refractivity contribution in [3.05, 3.63) is 46.5 Å². The van der Waals surface area contributed by atoms with Crippen LogP contribution >= 0.6 is 0 Å². The summed E-state index contributed by atoms with van der Waals surface area (Å²) < 4.78 is 8.60. The highest BCUT2D eigenvalue weighted by Gasteiger charge is 2.31. The summed E-state index contributed by atoms with van der Waals surface area (Å²) in [5.74, 6) is 0.770. The van der Waals surface area contributed by atoms with Crippen LogP contribution in [0, 0.1) is 0 Å². The molecule has 1 amide bonds. The Kier molecular flexibility index (Phi) is 6.44. The second-order valence-electron chi connectivity index (χ2n) is 9.24. The molecule has 35 heavy (non-hydrogen) atoms. The number of fused-ring (bicyclic) bond motifs is 1. The maximum absolute atomic E-state index is 13.1. The lowest BCUT2D eigenvalue weighted by Gasteiger charge is -2.34. The van der Waals surface area contributed by atoms with Gasteiger partial charge in [0.15, 0.2) is 5.65 Å². The number of ether oxygens (including phenoxy) is 1. The van der Waals surface area contributed by atoms with E-state index in [2.05, 4.69) is 26.0 Å². The molecule has 0 aromatic carbocycles. The van der Waals surface area contributed by atoms with Crippen LogP contribution in [0.25, 0.3) is 5.65 Å². The van der Waals surface area contributed by atoms with Gasteiger partial charge in [0.2, 0.25) is 0 Å². The monoisotopic (exact) mass is 481 g/mol. The summed E-state index contributed by atoms with van der Waals surface area (Å²) in [7, 11) is 3.45. The first kappa shape index (κ1) is 23.3. The number of carbonyl (C=O) groups is 1. The van der Waals surface area contributed by atoms with E-state index in [0.29, 0.717) is 35.0 Å². The Morgan fingerprint density at radius 1 is 1.26 bits per heavy atom. The largest absolute Gasteiger partial charge is 0.391 e. The topological polar surface area (TPSA) is 135 Å². The number of anilines is 3. The summed E-state index contributed by atoms with van der Waals surface area (Å²) in [4.78, 5) is 30.8. The lowest BCUT2D eigenvalue weighted by molar-refractivity contribution is 0.0300. The molecule has 3 aromatic heterocycles.